The van der Waals surface area contributed by atoms with Gasteiger partial charge < -0.3 is 4.79 Å². The Morgan fingerprint density at radius 2 is 1.68 bits per heavy atom. The number of rotatable bonds is 5. The summed E-state index contributed by atoms with van der Waals surface area (Å²) in [5.74, 6) is 0. The highest BCUT2D eigenvalue weighted by atomic mass is 16.1. The number of para-hydroxylation sites is 1. The Morgan fingerprint density at radius 3 is 2.45 bits per heavy atom. The monoisotopic (exact) mass is 289 g/mol. The summed E-state index contributed by atoms with van der Waals surface area (Å²) in [6.07, 6.45) is 3.43. The van der Waals surface area contributed by atoms with Crippen molar-refractivity contribution in [3.63, 3.8) is 0 Å². The zero-order valence-corrected chi connectivity index (χ0v) is 12.8. The largest absolute Gasteiger partial charge is 0.303 e. The minimum atomic E-state index is 0.495. The number of carbonyl (C=O) groups excluding carboxylic acids is 1. The van der Waals surface area contributed by atoms with Gasteiger partial charge in [0.2, 0.25) is 0 Å². The molecule has 0 saturated carbocycles. The summed E-state index contributed by atoms with van der Waals surface area (Å²) in [6, 6.07) is 18.8. The van der Waals surface area contributed by atoms with Crippen LogP contribution in [0.3, 0.4) is 0 Å². The molecule has 0 bridgehead atoms. The number of fused-ring (bicyclic) bond motifs is 1. The molecule has 110 valence electrons. The number of aldehydes is 1. The summed E-state index contributed by atoms with van der Waals surface area (Å²) in [5.41, 5.74) is 5.85. The molecular formula is C20H19NO. The second-order valence-electron chi connectivity index (χ2n) is 5.63. The average molecular weight is 289 g/mol. The SMILES string of the molecule is Cc1cc(CCc2ccc(CC=O)cc2)c2ccccc2n1. The maximum atomic E-state index is 10.5. The predicted octanol–water partition coefficient (Wildman–Crippen LogP) is 4.07. The molecule has 22 heavy (non-hydrogen) atoms. The van der Waals surface area contributed by atoms with Gasteiger partial charge in [0.25, 0.3) is 0 Å². The second-order valence-corrected chi connectivity index (χ2v) is 5.63. The molecule has 1 heterocycles. The Kier molecular flexibility index (Phi) is 4.29. The summed E-state index contributed by atoms with van der Waals surface area (Å²) in [5, 5.41) is 1.24. The van der Waals surface area contributed by atoms with Crippen molar-refractivity contribution in [1.29, 1.82) is 0 Å². The third-order valence-electron chi connectivity index (χ3n) is 3.95. The molecule has 1 aromatic heterocycles. The van der Waals surface area contributed by atoms with Gasteiger partial charge in [-0.05, 0) is 48.6 Å². The molecule has 0 amide bonds. The van der Waals surface area contributed by atoms with Crippen molar-refractivity contribution < 1.29 is 4.79 Å². The van der Waals surface area contributed by atoms with Crippen LogP contribution in [0.4, 0.5) is 0 Å². The summed E-state index contributed by atoms with van der Waals surface area (Å²) < 4.78 is 0. The summed E-state index contributed by atoms with van der Waals surface area (Å²) >= 11 is 0. The fraction of sp³-hybridized carbons (Fsp3) is 0.200. The first-order valence-corrected chi connectivity index (χ1v) is 7.63. The lowest BCUT2D eigenvalue weighted by molar-refractivity contribution is -0.107. The quantitative estimate of drug-likeness (QED) is 0.663. The van der Waals surface area contributed by atoms with Crippen LogP contribution in [0.2, 0.25) is 0 Å². The van der Waals surface area contributed by atoms with Gasteiger partial charge in [0, 0.05) is 17.5 Å². The van der Waals surface area contributed by atoms with Crippen LogP contribution in [-0.4, -0.2) is 11.3 Å². The van der Waals surface area contributed by atoms with Crippen LogP contribution < -0.4 is 0 Å². The molecule has 0 aliphatic rings. The van der Waals surface area contributed by atoms with Crippen molar-refractivity contribution in [1.82, 2.24) is 4.98 Å². The molecule has 0 radical (unpaired) electrons. The third kappa shape index (κ3) is 3.22. The Hall–Kier alpha value is -2.48. The fourth-order valence-electron chi connectivity index (χ4n) is 2.82. The molecule has 0 unspecified atom stereocenters. The molecule has 0 spiro atoms. The van der Waals surface area contributed by atoms with Gasteiger partial charge in [-0.3, -0.25) is 4.98 Å². The van der Waals surface area contributed by atoms with E-state index in [-0.39, 0.29) is 0 Å². The molecule has 0 saturated heterocycles. The maximum Gasteiger partial charge on any atom is 0.124 e. The Bertz CT molecular complexity index is 790. The lowest BCUT2D eigenvalue weighted by Gasteiger charge is -2.08. The van der Waals surface area contributed by atoms with Gasteiger partial charge >= 0.3 is 0 Å². The minimum absolute atomic E-state index is 0.495. The molecule has 3 rings (SSSR count). The van der Waals surface area contributed by atoms with Gasteiger partial charge in [-0.2, -0.15) is 0 Å². The number of hydrogen-bond donors (Lipinski definition) is 0. The molecule has 0 fully saturated rings. The Morgan fingerprint density at radius 1 is 0.955 bits per heavy atom. The van der Waals surface area contributed by atoms with E-state index in [1.54, 1.807) is 0 Å². The third-order valence-corrected chi connectivity index (χ3v) is 3.95. The molecule has 0 aliphatic carbocycles. The van der Waals surface area contributed by atoms with Crippen LogP contribution >= 0.6 is 0 Å². The molecule has 0 aliphatic heterocycles. The van der Waals surface area contributed by atoms with Crippen LogP contribution in [0.25, 0.3) is 10.9 Å². The molecular weight excluding hydrogens is 270 g/mol. The van der Waals surface area contributed by atoms with E-state index in [1.807, 2.05) is 25.1 Å². The standard InChI is InChI=1S/C20H19NO/c1-15-14-18(19-4-2-3-5-20(19)21-15)11-10-16-6-8-17(9-7-16)12-13-22/h2-9,13-14H,10-12H2,1H3. The van der Waals surface area contributed by atoms with Crippen molar-refractivity contribution in [2.45, 2.75) is 26.2 Å². The zero-order chi connectivity index (χ0) is 15.4. The highest BCUT2D eigenvalue weighted by Crippen LogP contribution is 2.20. The van der Waals surface area contributed by atoms with Crippen LogP contribution in [0.1, 0.15) is 22.4 Å². The molecule has 2 aromatic carbocycles. The van der Waals surface area contributed by atoms with Gasteiger partial charge in [-0.15, -0.1) is 0 Å². The number of pyridine rings is 1. The van der Waals surface area contributed by atoms with E-state index in [9.17, 15) is 4.79 Å². The first kappa shape index (κ1) is 14.5. The van der Waals surface area contributed by atoms with Crippen molar-refractivity contribution in [3.8, 4) is 0 Å². The van der Waals surface area contributed by atoms with E-state index < -0.39 is 0 Å². The summed E-state index contributed by atoms with van der Waals surface area (Å²) in [4.78, 5) is 15.1. The van der Waals surface area contributed by atoms with E-state index >= 15 is 0 Å². The topological polar surface area (TPSA) is 30.0 Å². The Labute approximate surface area is 130 Å². The smallest absolute Gasteiger partial charge is 0.124 e. The lowest BCUT2D eigenvalue weighted by atomic mass is 9.99. The van der Waals surface area contributed by atoms with E-state index in [2.05, 4.69) is 41.4 Å². The summed E-state index contributed by atoms with van der Waals surface area (Å²) in [6.45, 7) is 2.05. The summed E-state index contributed by atoms with van der Waals surface area (Å²) in [7, 11) is 0. The van der Waals surface area contributed by atoms with E-state index in [0.717, 1.165) is 35.9 Å². The van der Waals surface area contributed by atoms with Crippen molar-refractivity contribution >= 4 is 17.2 Å². The number of aromatic nitrogens is 1. The van der Waals surface area contributed by atoms with E-state index in [1.165, 1.54) is 16.5 Å². The predicted molar refractivity (Wildman–Crippen MR) is 90.1 cm³/mol. The minimum Gasteiger partial charge on any atom is -0.303 e. The van der Waals surface area contributed by atoms with Gasteiger partial charge in [-0.25, -0.2) is 0 Å². The number of benzene rings is 2. The van der Waals surface area contributed by atoms with Gasteiger partial charge in [0.1, 0.15) is 6.29 Å². The zero-order valence-electron chi connectivity index (χ0n) is 12.8. The van der Waals surface area contributed by atoms with Crippen molar-refractivity contribution in [3.05, 3.63) is 77.0 Å². The second kappa shape index (κ2) is 6.52. The fourth-order valence-corrected chi connectivity index (χ4v) is 2.82. The van der Waals surface area contributed by atoms with Gasteiger partial charge in [0.15, 0.2) is 0 Å². The van der Waals surface area contributed by atoms with Gasteiger partial charge in [-0.1, -0.05) is 42.5 Å². The normalized spacial score (nSPS) is 10.8. The number of nitrogens with zero attached hydrogens (tertiary/aromatic N) is 1. The van der Waals surface area contributed by atoms with E-state index in [0.29, 0.717) is 6.42 Å². The molecule has 2 heteroatoms. The lowest BCUT2D eigenvalue weighted by Crippen LogP contribution is -1.96. The van der Waals surface area contributed by atoms with E-state index in [4.69, 9.17) is 0 Å². The van der Waals surface area contributed by atoms with Crippen LogP contribution in [0.5, 0.6) is 0 Å². The Balaban J connectivity index is 1.80. The highest BCUT2D eigenvalue weighted by Gasteiger charge is 2.04. The maximum absolute atomic E-state index is 10.5. The molecule has 2 nitrogen and oxygen atoms in total. The number of carbonyl (C=O) groups is 1. The number of hydrogen-bond acceptors (Lipinski definition) is 2. The van der Waals surface area contributed by atoms with Gasteiger partial charge in [0.05, 0.1) is 5.52 Å². The molecule has 0 atom stereocenters. The van der Waals surface area contributed by atoms with Crippen LogP contribution in [-0.2, 0) is 24.1 Å². The highest BCUT2D eigenvalue weighted by molar-refractivity contribution is 5.82. The van der Waals surface area contributed by atoms with Crippen molar-refractivity contribution in [2.24, 2.45) is 0 Å². The first-order chi connectivity index (χ1) is 10.8. The van der Waals surface area contributed by atoms with Crippen LogP contribution in [0, 0.1) is 6.92 Å². The van der Waals surface area contributed by atoms with Crippen LogP contribution in [0.15, 0.2) is 54.6 Å². The molecule has 0 N–H and O–H groups in total. The average Bonchev–Trinajstić information content (AvgIpc) is 2.54. The molecule has 3 aromatic rings. The van der Waals surface area contributed by atoms with Crippen molar-refractivity contribution in [2.75, 3.05) is 0 Å². The first-order valence-electron chi connectivity index (χ1n) is 7.63. The number of aryl methyl sites for hydroxylation is 3.